The zero-order valence-corrected chi connectivity index (χ0v) is 12.4. The lowest BCUT2D eigenvalue weighted by molar-refractivity contribution is 0.0258. The van der Waals surface area contributed by atoms with E-state index in [1.807, 2.05) is 0 Å². The molecule has 1 aliphatic heterocycles. The van der Waals surface area contributed by atoms with Crippen LogP contribution < -0.4 is 5.32 Å². The van der Waals surface area contributed by atoms with Crippen molar-refractivity contribution >= 4 is 0 Å². The Labute approximate surface area is 125 Å². The monoisotopic (exact) mass is 297 g/mol. The van der Waals surface area contributed by atoms with Crippen LogP contribution in [-0.2, 0) is 16.1 Å². The first-order chi connectivity index (χ1) is 10.2. The minimum atomic E-state index is -0.596. The third kappa shape index (κ3) is 5.36. The molecular formula is C16H24FNO3. The summed E-state index contributed by atoms with van der Waals surface area (Å²) in [4.78, 5) is 0. The first-order valence-corrected chi connectivity index (χ1v) is 7.47. The Kier molecular flexibility index (Phi) is 6.57. The minimum absolute atomic E-state index is 0.176. The maximum absolute atomic E-state index is 13.4. The lowest BCUT2D eigenvalue weighted by Gasteiger charge is -2.21. The van der Waals surface area contributed by atoms with Gasteiger partial charge in [-0.25, -0.2) is 4.39 Å². The number of halogens is 1. The van der Waals surface area contributed by atoms with Gasteiger partial charge in [0.25, 0.3) is 0 Å². The Morgan fingerprint density at radius 2 is 2.29 bits per heavy atom. The highest BCUT2D eigenvalue weighted by Crippen LogP contribution is 2.16. The number of benzene rings is 1. The van der Waals surface area contributed by atoms with Crippen molar-refractivity contribution in [3.05, 3.63) is 35.6 Å². The molecule has 0 saturated carbocycles. The lowest BCUT2D eigenvalue weighted by atomic mass is 10.0. The molecule has 5 heteroatoms. The summed E-state index contributed by atoms with van der Waals surface area (Å²) in [5, 5.41) is 13.2. The summed E-state index contributed by atoms with van der Waals surface area (Å²) in [6, 6.07) is 6.81. The van der Waals surface area contributed by atoms with E-state index in [1.54, 1.807) is 18.2 Å². The molecule has 2 rings (SSSR count). The third-order valence-electron chi connectivity index (χ3n) is 3.87. The second-order valence-corrected chi connectivity index (χ2v) is 5.58. The van der Waals surface area contributed by atoms with Crippen molar-refractivity contribution < 1.29 is 19.0 Å². The van der Waals surface area contributed by atoms with Gasteiger partial charge in [-0.05, 0) is 25.3 Å². The molecule has 118 valence electrons. The van der Waals surface area contributed by atoms with Crippen molar-refractivity contribution in [1.82, 2.24) is 5.32 Å². The van der Waals surface area contributed by atoms with Crippen LogP contribution in [0, 0.1) is 11.7 Å². The van der Waals surface area contributed by atoms with Gasteiger partial charge in [0, 0.05) is 24.8 Å². The molecule has 1 heterocycles. The fourth-order valence-corrected chi connectivity index (χ4v) is 2.41. The molecule has 1 fully saturated rings. The molecule has 0 amide bonds. The van der Waals surface area contributed by atoms with Gasteiger partial charge in [0.15, 0.2) is 0 Å². The zero-order chi connectivity index (χ0) is 15.1. The van der Waals surface area contributed by atoms with Crippen molar-refractivity contribution in [2.45, 2.75) is 32.1 Å². The van der Waals surface area contributed by atoms with Crippen LogP contribution in [0.2, 0.25) is 0 Å². The normalized spacial score (nSPS) is 21.4. The molecule has 0 radical (unpaired) electrons. The minimum Gasteiger partial charge on any atom is -0.389 e. The van der Waals surface area contributed by atoms with E-state index in [0.29, 0.717) is 24.1 Å². The number of ether oxygens (including phenoxy) is 2. The maximum atomic E-state index is 13.4. The molecule has 0 aliphatic carbocycles. The Hall–Kier alpha value is -1.01. The highest BCUT2D eigenvalue weighted by atomic mass is 19.1. The average Bonchev–Trinajstić information content (AvgIpc) is 3.01. The molecule has 1 aromatic rings. The smallest absolute Gasteiger partial charge is 0.128 e. The molecule has 0 bridgehead atoms. The van der Waals surface area contributed by atoms with Crippen molar-refractivity contribution in [2.24, 2.45) is 5.92 Å². The third-order valence-corrected chi connectivity index (χ3v) is 3.87. The molecule has 1 aliphatic rings. The molecule has 0 aromatic heterocycles. The van der Waals surface area contributed by atoms with Crippen molar-refractivity contribution in [2.75, 3.05) is 26.4 Å². The summed E-state index contributed by atoms with van der Waals surface area (Å²) in [5.41, 5.74) is 0.508. The fraction of sp³-hybridized carbons (Fsp3) is 0.625. The average molecular weight is 297 g/mol. The molecule has 3 atom stereocenters. The van der Waals surface area contributed by atoms with E-state index in [2.05, 4.69) is 12.2 Å². The molecule has 1 aromatic carbocycles. The van der Waals surface area contributed by atoms with E-state index in [0.717, 1.165) is 19.6 Å². The van der Waals surface area contributed by atoms with Gasteiger partial charge in [0.2, 0.25) is 0 Å². The Balaban J connectivity index is 1.61. The van der Waals surface area contributed by atoms with Crippen LogP contribution in [0.15, 0.2) is 24.3 Å². The van der Waals surface area contributed by atoms with E-state index in [1.165, 1.54) is 6.07 Å². The Morgan fingerprint density at radius 3 is 3.00 bits per heavy atom. The van der Waals surface area contributed by atoms with E-state index in [-0.39, 0.29) is 19.0 Å². The van der Waals surface area contributed by atoms with Crippen molar-refractivity contribution in [3.8, 4) is 0 Å². The quantitative estimate of drug-likeness (QED) is 0.767. The van der Waals surface area contributed by atoms with Crippen LogP contribution in [0.1, 0.15) is 18.9 Å². The van der Waals surface area contributed by atoms with Gasteiger partial charge in [0.1, 0.15) is 5.82 Å². The number of aliphatic hydroxyl groups is 1. The summed E-state index contributed by atoms with van der Waals surface area (Å²) >= 11 is 0. The molecule has 0 spiro atoms. The van der Waals surface area contributed by atoms with E-state index in [4.69, 9.17) is 9.47 Å². The zero-order valence-electron chi connectivity index (χ0n) is 12.4. The van der Waals surface area contributed by atoms with E-state index < -0.39 is 6.10 Å². The lowest BCUT2D eigenvalue weighted by Crippen LogP contribution is -2.40. The summed E-state index contributed by atoms with van der Waals surface area (Å²) < 4.78 is 24.1. The highest BCUT2D eigenvalue weighted by Gasteiger charge is 2.22. The highest BCUT2D eigenvalue weighted by molar-refractivity contribution is 5.16. The van der Waals surface area contributed by atoms with Gasteiger partial charge in [-0.15, -0.1) is 0 Å². The second-order valence-electron chi connectivity index (χ2n) is 5.58. The van der Waals surface area contributed by atoms with Crippen LogP contribution >= 0.6 is 0 Å². The van der Waals surface area contributed by atoms with Crippen molar-refractivity contribution in [3.63, 3.8) is 0 Å². The van der Waals surface area contributed by atoms with Crippen LogP contribution in [0.3, 0.4) is 0 Å². The SMILES string of the molecule is CC(NCC(O)COCc1ccccc1F)C1CCOC1. The summed E-state index contributed by atoms with van der Waals surface area (Å²) in [6.07, 6.45) is 0.468. The topological polar surface area (TPSA) is 50.7 Å². The van der Waals surface area contributed by atoms with Gasteiger partial charge in [-0.1, -0.05) is 18.2 Å². The molecule has 2 N–H and O–H groups in total. The summed E-state index contributed by atoms with van der Waals surface area (Å²) in [6.45, 7) is 4.55. The number of hydrogen-bond acceptors (Lipinski definition) is 4. The van der Waals surface area contributed by atoms with Crippen LogP contribution in [0.4, 0.5) is 4.39 Å². The maximum Gasteiger partial charge on any atom is 0.128 e. The predicted octanol–water partition coefficient (Wildman–Crippen LogP) is 1.72. The van der Waals surface area contributed by atoms with Crippen molar-refractivity contribution in [1.29, 1.82) is 0 Å². The Bertz CT molecular complexity index is 424. The molecular weight excluding hydrogens is 273 g/mol. The Morgan fingerprint density at radius 1 is 1.48 bits per heavy atom. The number of hydrogen-bond donors (Lipinski definition) is 2. The largest absolute Gasteiger partial charge is 0.389 e. The summed E-state index contributed by atoms with van der Waals surface area (Å²) in [7, 11) is 0. The number of aliphatic hydroxyl groups excluding tert-OH is 1. The first kappa shape index (κ1) is 16.4. The standard InChI is InChI=1S/C16H24FNO3/c1-12(13-6-7-20-9-13)18-8-15(19)11-21-10-14-4-2-3-5-16(14)17/h2-5,12-13,15,18-19H,6-11H2,1H3. The van der Waals surface area contributed by atoms with Gasteiger partial charge in [0.05, 0.1) is 25.9 Å². The number of rotatable bonds is 8. The fourth-order valence-electron chi connectivity index (χ4n) is 2.41. The first-order valence-electron chi connectivity index (χ1n) is 7.47. The predicted molar refractivity (Wildman–Crippen MR) is 78.5 cm³/mol. The molecule has 21 heavy (non-hydrogen) atoms. The van der Waals surface area contributed by atoms with Gasteiger partial charge < -0.3 is 19.9 Å². The van der Waals surface area contributed by atoms with Gasteiger partial charge in [-0.2, -0.15) is 0 Å². The molecule has 3 unspecified atom stereocenters. The second kappa shape index (κ2) is 8.44. The van der Waals surface area contributed by atoms with E-state index in [9.17, 15) is 9.50 Å². The molecule has 4 nitrogen and oxygen atoms in total. The van der Waals surface area contributed by atoms with Crippen LogP contribution in [0.25, 0.3) is 0 Å². The molecule has 1 saturated heterocycles. The van der Waals surface area contributed by atoms with Crippen LogP contribution in [0.5, 0.6) is 0 Å². The van der Waals surface area contributed by atoms with Crippen LogP contribution in [-0.4, -0.2) is 43.6 Å². The van der Waals surface area contributed by atoms with Gasteiger partial charge in [-0.3, -0.25) is 0 Å². The number of nitrogens with one attached hydrogen (secondary N) is 1. The van der Waals surface area contributed by atoms with E-state index >= 15 is 0 Å². The summed E-state index contributed by atoms with van der Waals surface area (Å²) in [5.74, 6) is 0.233. The van der Waals surface area contributed by atoms with Gasteiger partial charge >= 0.3 is 0 Å².